The van der Waals surface area contributed by atoms with Crippen molar-refractivity contribution in [1.82, 2.24) is 15.2 Å². The Morgan fingerprint density at radius 1 is 1.04 bits per heavy atom. The third-order valence-electron chi connectivity index (χ3n) is 3.16. The molecule has 0 unspecified atom stereocenters. The van der Waals surface area contributed by atoms with Gasteiger partial charge in [-0.25, -0.2) is 4.79 Å². The first kappa shape index (κ1) is 24.7. The van der Waals surface area contributed by atoms with Gasteiger partial charge in [0.2, 0.25) is 5.56 Å². The van der Waals surface area contributed by atoms with Gasteiger partial charge in [0, 0.05) is 32.4 Å². The van der Waals surface area contributed by atoms with Crippen LogP contribution in [0.15, 0.2) is 23.1 Å². The van der Waals surface area contributed by atoms with Crippen LogP contribution in [0, 0.1) is 0 Å². The van der Waals surface area contributed by atoms with E-state index in [0.29, 0.717) is 18.7 Å². The quantitative estimate of drug-likeness (QED) is 0.710. The molecule has 0 spiro atoms. The van der Waals surface area contributed by atoms with Gasteiger partial charge in [-0.2, -0.15) is 0 Å². The Kier molecular flexibility index (Phi) is 11.8. The molecule has 0 fully saturated rings. The van der Waals surface area contributed by atoms with Gasteiger partial charge in [0.15, 0.2) is 0 Å². The SMILES string of the molecule is CCC.Cn1cc(C(=O)NCCCCCNC(=O)OC(C)(C)C)ccc1=O. The normalized spacial score (nSPS) is 10.4. The Morgan fingerprint density at radius 3 is 2.11 bits per heavy atom. The van der Waals surface area contributed by atoms with E-state index in [0.717, 1.165) is 19.3 Å². The topological polar surface area (TPSA) is 89.4 Å². The lowest BCUT2D eigenvalue weighted by Gasteiger charge is -2.19. The number of aryl methyl sites for hydroxylation is 1. The Labute approximate surface area is 162 Å². The van der Waals surface area contributed by atoms with E-state index in [2.05, 4.69) is 24.5 Å². The van der Waals surface area contributed by atoms with Gasteiger partial charge >= 0.3 is 6.09 Å². The Balaban J connectivity index is 0.00000210. The molecule has 1 rings (SSSR count). The van der Waals surface area contributed by atoms with Crippen LogP contribution in [0.3, 0.4) is 0 Å². The van der Waals surface area contributed by atoms with Crippen LogP contribution in [0.1, 0.15) is 70.7 Å². The average molecular weight is 382 g/mol. The number of hydrogen-bond acceptors (Lipinski definition) is 4. The molecule has 1 aromatic heterocycles. The minimum absolute atomic E-state index is 0.149. The second kappa shape index (κ2) is 12.9. The van der Waals surface area contributed by atoms with Crippen molar-refractivity contribution in [3.63, 3.8) is 0 Å². The molecule has 0 aromatic carbocycles. The van der Waals surface area contributed by atoms with E-state index >= 15 is 0 Å². The van der Waals surface area contributed by atoms with Crippen molar-refractivity contribution in [2.75, 3.05) is 13.1 Å². The summed E-state index contributed by atoms with van der Waals surface area (Å²) in [5, 5.41) is 5.51. The molecule has 0 aliphatic heterocycles. The van der Waals surface area contributed by atoms with E-state index < -0.39 is 11.7 Å². The van der Waals surface area contributed by atoms with Gasteiger partial charge in [-0.3, -0.25) is 9.59 Å². The summed E-state index contributed by atoms with van der Waals surface area (Å²) >= 11 is 0. The number of aromatic nitrogens is 1. The second-order valence-electron chi connectivity index (χ2n) is 7.32. The monoisotopic (exact) mass is 381 g/mol. The molecule has 27 heavy (non-hydrogen) atoms. The highest BCUT2D eigenvalue weighted by Gasteiger charge is 2.15. The third kappa shape index (κ3) is 12.6. The number of carbonyl (C=O) groups is 2. The zero-order chi connectivity index (χ0) is 20.9. The molecule has 2 amide bonds. The fourth-order valence-corrected chi connectivity index (χ4v) is 1.96. The first-order valence-electron chi connectivity index (χ1n) is 9.52. The number of amides is 2. The van der Waals surface area contributed by atoms with Crippen LogP contribution in [-0.4, -0.2) is 35.3 Å². The molecular formula is C20H35N3O4. The van der Waals surface area contributed by atoms with Crippen molar-refractivity contribution in [2.24, 2.45) is 7.05 Å². The fraction of sp³-hybridized carbons (Fsp3) is 0.650. The molecule has 0 radical (unpaired) electrons. The molecule has 154 valence electrons. The van der Waals surface area contributed by atoms with Gasteiger partial charge in [0.05, 0.1) is 5.56 Å². The zero-order valence-electron chi connectivity index (χ0n) is 17.6. The summed E-state index contributed by atoms with van der Waals surface area (Å²) in [7, 11) is 1.61. The molecule has 1 aromatic rings. The van der Waals surface area contributed by atoms with Gasteiger partial charge in [-0.1, -0.05) is 20.3 Å². The smallest absolute Gasteiger partial charge is 0.407 e. The van der Waals surface area contributed by atoms with Gasteiger partial charge in [-0.15, -0.1) is 0 Å². The molecule has 0 atom stereocenters. The summed E-state index contributed by atoms with van der Waals surface area (Å²) < 4.78 is 6.50. The van der Waals surface area contributed by atoms with E-state index in [1.54, 1.807) is 7.05 Å². The van der Waals surface area contributed by atoms with E-state index in [4.69, 9.17) is 4.74 Å². The number of ether oxygens (including phenoxy) is 1. The molecule has 0 saturated carbocycles. The number of unbranched alkanes of at least 4 members (excludes halogenated alkanes) is 2. The largest absolute Gasteiger partial charge is 0.444 e. The van der Waals surface area contributed by atoms with Crippen LogP contribution in [0.25, 0.3) is 0 Å². The number of rotatable bonds is 7. The average Bonchev–Trinajstić information content (AvgIpc) is 2.55. The molecule has 0 bridgehead atoms. The maximum Gasteiger partial charge on any atom is 0.407 e. The van der Waals surface area contributed by atoms with E-state index in [9.17, 15) is 14.4 Å². The molecule has 0 saturated heterocycles. The van der Waals surface area contributed by atoms with Gasteiger partial charge in [-0.05, 0) is 46.1 Å². The number of hydrogen-bond donors (Lipinski definition) is 2. The highest BCUT2D eigenvalue weighted by Crippen LogP contribution is 2.06. The summed E-state index contributed by atoms with van der Waals surface area (Å²) in [6, 6.07) is 2.89. The third-order valence-corrected chi connectivity index (χ3v) is 3.16. The van der Waals surface area contributed by atoms with Crippen molar-refractivity contribution in [3.05, 3.63) is 34.2 Å². The maximum absolute atomic E-state index is 11.9. The molecule has 2 N–H and O–H groups in total. The lowest BCUT2D eigenvalue weighted by molar-refractivity contribution is 0.0527. The summed E-state index contributed by atoms with van der Waals surface area (Å²) in [6.45, 7) is 10.8. The summed E-state index contributed by atoms with van der Waals surface area (Å²) in [4.78, 5) is 34.6. The van der Waals surface area contributed by atoms with Gasteiger partial charge in [0.1, 0.15) is 5.60 Å². The molecular weight excluding hydrogens is 346 g/mol. The summed E-state index contributed by atoms with van der Waals surface area (Å²) in [5.41, 5.74) is -0.178. The number of carbonyl (C=O) groups excluding carboxylic acids is 2. The van der Waals surface area contributed by atoms with Crippen molar-refractivity contribution in [1.29, 1.82) is 0 Å². The van der Waals surface area contributed by atoms with Crippen LogP contribution in [0.4, 0.5) is 4.79 Å². The predicted octanol–water partition coefficient (Wildman–Crippen LogP) is 3.23. The number of alkyl carbamates (subject to hydrolysis) is 1. The van der Waals surface area contributed by atoms with Crippen LogP contribution in [0.2, 0.25) is 0 Å². The second-order valence-corrected chi connectivity index (χ2v) is 7.32. The molecule has 7 heteroatoms. The van der Waals surface area contributed by atoms with E-state index in [1.807, 2.05) is 20.8 Å². The first-order valence-corrected chi connectivity index (χ1v) is 9.52. The predicted molar refractivity (Wildman–Crippen MR) is 108 cm³/mol. The number of nitrogens with zero attached hydrogens (tertiary/aromatic N) is 1. The van der Waals surface area contributed by atoms with Gasteiger partial charge < -0.3 is 19.9 Å². The van der Waals surface area contributed by atoms with Crippen LogP contribution in [0.5, 0.6) is 0 Å². The Hall–Kier alpha value is -2.31. The zero-order valence-corrected chi connectivity index (χ0v) is 17.6. The molecule has 0 aliphatic rings. The Morgan fingerprint density at radius 2 is 1.59 bits per heavy atom. The van der Waals surface area contributed by atoms with E-state index in [1.165, 1.54) is 29.3 Å². The fourth-order valence-electron chi connectivity index (χ4n) is 1.96. The molecule has 0 aliphatic carbocycles. The van der Waals surface area contributed by atoms with Crippen molar-refractivity contribution >= 4 is 12.0 Å². The van der Waals surface area contributed by atoms with E-state index in [-0.39, 0.29) is 11.5 Å². The summed E-state index contributed by atoms with van der Waals surface area (Å²) in [6.07, 6.45) is 4.86. The standard InChI is InChI=1S/C17H27N3O4.C3H8/c1-17(2,3)24-16(23)19-11-7-5-6-10-18-15(22)13-8-9-14(21)20(4)12-13;1-3-2/h8-9,12H,5-7,10-11H2,1-4H3,(H,18,22)(H,19,23);3H2,1-2H3. The maximum atomic E-state index is 11.9. The lowest BCUT2D eigenvalue weighted by atomic mass is 10.2. The highest BCUT2D eigenvalue weighted by molar-refractivity contribution is 5.93. The Bertz CT molecular complexity index is 633. The number of pyridine rings is 1. The van der Waals surface area contributed by atoms with Crippen LogP contribution in [-0.2, 0) is 11.8 Å². The molecule has 1 heterocycles. The van der Waals surface area contributed by atoms with Crippen LogP contribution >= 0.6 is 0 Å². The summed E-state index contributed by atoms with van der Waals surface area (Å²) in [5.74, 6) is -0.197. The van der Waals surface area contributed by atoms with Crippen LogP contribution < -0.4 is 16.2 Å². The first-order chi connectivity index (χ1) is 12.6. The van der Waals surface area contributed by atoms with Gasteiger partial charge in [0.25, 0.3) is 5.91 Å². The van der Waals surface area contributed by atoms with Crippen molar-refractivity contribution < 1.29 is 14.3 Å². The molecule has 7 nitrogen and oxygen atoms in total. The lowest BCUT2D eigenvalue weighted by Crippen LogP contribution is -2.33. The number of nitrogens with one attached hydrogen (secondary N) is 2. The van der Waals surface area contributed by atoms with Crippen molar-refractivity contribution in [2.45, 2.75) is 65.9 Å². The minimum Gasteiger partial charge on any atom is -0.444 e. The highest BCUT2D eigenvalue weighted by atomic mass is 16.6. The minimum atomic E-state index is -0.491. The van der Waals surface area contributed by atoms with Crippen molar-refractivity contribution in [3.8, 4) is 0 Å².